The van der Waals surface area contributed by atoms with E-state index in [0.29, 0.717) is 22.2 Å². The van der Waals surface area contributed by atoms with E-state index in [2.05, 4.69) is 15.0 Å². The molecule has 0 unspecified atom stereocenters. The van der Waals surface area contributed by atoms with Gasteiger partial charge in [-0.3, -0.25) is 19.9 Å². The third kappa shape index (κ3) is 7.04. The van der Waals surface area contributed by atoms with Crippen molar-refractivity contribution in [2.45, 2.75) is 43.2 Å². The Morgan fingerprint density at radius 2 is 1.80 bits per heavy atom. The maximum Gasteiger partial charge on any atom is 0.262 e. The van der Waals surface area contributed by atoms with Gasteiger partial charge in [0.2, 0.25) is 5.91 Å². The lowest BCUT2D eigenvalue weighted by Gasteiger charge is -2.21. The van der Waals surface area contributed by atoms with Crippen molar-refractivity contribution in [3.63, 3.8) is 0 Å². The highest BCUT2D eigenvalue weighted by atomic mass is 35.5. The Morgan fingerprint density at radius 1 is 1.07 bits per heavy atom. The molecule has 11 nitrogen and oxygen atoms in total. The number of anilines is 2. The average molecular weight is 634 g/mol. The van der Waals surface area contributed by atoms with Crippen LogP contribution in [0.1, 0.15) is 36.1 Å². The maximum absolute atomic E-state index is 13.3. The van der Waals surface area contributed by atoms with Gasteiger partial charge in [-0.2, -0.15) is 4.73 Å². The van der Waals surface area contributed by atoms with Crippen LogP contribution in [-0.2, 0) is 27.8 Å². The number of benzene rings is 3. The van der Waals surface area contributed by atoms with Gasteiger partial charge in [-0.25, -0.2) is 8.42 Å². The fourth-order valence-electron chi connectivity index (χ4n) is 4.71. The van der Waals surface area contributed by atoms with Crippen LogP contribution in [0, 0.1) is 5.41 Å². The summed E-state index contributed by atoms with van der Waals surface area (Å²) in [6.07, 6.45) is 2.65. The van der Waals surface area contributed by atoms with E-state index in [0.717, 1.165) is 29.6 Å². The molecule has 1 amide bonds. The van der Waals surface area contributed by atoms with Gasteiger partial charge in [0.1, 0.15) is 5.84 Å². The van der Waals surface area contributed by atoms with Gasteiger partial charge in [0, 0.05) is 23.4 Å². The van der Waals surface area contributed by atoms with Crippen LogP contribution in [0.15, 0.2) is 88.8 Å². The molecule has 13 heteroatoms. The molecule has 0 aliphatic heterocycles. The lowest BCUT2D eigenvalue weighted by Crippen LogP contribution is -2.31. The van der Waals surface area contributed by atoms with E-state index in [9.17, 15) is 18.4 Å². The number of sulfonamides is 1. The second-order valence-electron chi connectivity index (χ2n) is 10.5. The van der Waals surface area contributed by atoms with Crippen LogP contribution in [0.3, 0.4) is 0 Å². The first-order chi connectivity index (χ1) is 21.0. The van der Waals surface area contributed by atoms with Crippen molar-refractivity contribution in [3.8, 4) is 11.1 Å². The molecule has 3 aromatic carbocycles. The van der Waals surface area contributed by atoms with Crippen LogP contribution in [0.4, 0.5) is 11.4 Å². The largest absolute Gasteiger partial charge is 0.427 e. The number of amidine groups is 1. The highest BCUT2D eigenvalue weighted by molar-refractivity contribution is 7.92. The summed E-state index contributed by atoms with van der Waals surface area (Å²) in [5.74, 6) is -0.437. The van der Waals surface area contributed by atoms with Crippen molar-refractivity contribution >= 4 is 44.7 Å². The summed E-state index contributed by atoms with van der Waals surface area (Å²) in [6.45, 7) is 0.207. The Hall–Kier alpha value is -4.81. The number of rotatable bonds is 10. The molecule has 4 aromatic rings. The number of nitrogens with zero attached hydrogens (tertiary/aromatic N) is 2. The fraction of sp³-hybridized carbons (Fsp3) is 0.194. The van der Waals surface area contributed by atoms with Crippen molar-refractivity contribution in [3.05, 3.63) is 106 Å². The SMILES string of the molecule is N=C(N)c1ccc(CNC(=O)Cc2c(-c3cc(N)cc(S(=O)(=O)Nc4ccccc4Cl)c3)ccc(=NC3CCC3)n2O)cc1. The first-order valence-corrected chi connectivity index (χ1v) is 15.7. The minimum Gasteiger partial charge on any atom is -0.427 e. The molecule has 0 saturated heterocycles. The van der Waals surface area contributed by atoms with E-state index in [1.165, 1.54) is 12.1 Å². The van der Waals surface area contributed by atoms with Crippen molar-refractivity contribution in [2.75, 3.05) is 10.5 Å². The number of para-hydroxylation sites is 1. The number of hydrogen-bond donors (Lipinski definition) is 6. The average Bonchev–Trinajstić information content (AvgIpc) is 2.96. The van der Waals surface area contributed by atoms with Crippen LogP contribution in [0.25, 0.3) is 11.1 Å². The molecule has 1 heterocycles. The lowest BCUT2D eigenvalue weighted by atomic mass is 9.94. The molecule has 0 spiro atoms. The van der Waals surface area contributed by atoms with Gasteiger partial charge in [-0.05, 0) is 72.9 Å². The van der Waals surface area contributed by atoms with Crippen LogP contribution in [0.5, 0.6) is 0 Å². The number of aromatic nitrogens is 1. The summed E-state index contributed by atoms with van der Waals surface area (Å²) in [4.78, 5) is 17.7. The highest BCUT2D eigenvalue weighted by Crippen LogP contribution is 2.30. The van der Waals surface area contributed by atoms with Crippen LogP contribution >= 0.6 is 11.6 Å². The molecule has 228 valence electrons. The Balaban J connectivity index is 1.48. The summed E-state index contributed by atoms with van der Waals surface area (Å²) in [5.41, 5.74) is 14.7. The number of amides is 1. The molecule has 0 bridgehead atoms. The third-order valence-corrected chi connectivity index (χ3v) is 9.00. The fourth-order valence-corrected chi connectivity index (χ4v) is 6.11. The molecule has 0 atom stereocenters. The number of nitrogen functional groups attached to an aromatic ring is 2. The smallest absolute Gasteiger partial charge is 0.262 e. The van der Waals surface area contributed by atoms with Crippen molar-refractivity contribution in [2.24, 2.45) is 10.7 Å². The Labute approximate surface area is 259 Å². The molecular formula is C31H32ClN7O4S. The van der Waals surface area contributed by atoms with E-state index in [4.69, 9.17) is 28.5 Å². The van der Waals surface area contributed by atoms with Gasteiger partial charge in [0.15, 0.2) is 5.49 Å². The van der Waals surface area contributed by atoms with Crippen molar-refractivity contribution in [1.29, 1.82) is 5.41 Å². The molecule has 8 N–H and O–H groups in total. The number of halogens is 1. The lowest BCUT2D eigenvalue weighted by molar-refractivity contribution is -0.120. The molecular weight excluding hydrogens is 602 g/mol. The normalized spacial score (nSPS) is 13.7. The van der Waals surface area contributed by atoms with Crippen LogP contribution < -0.4 is 27.0 Å². The van der Waals surface area contributed by atoms with E-state index in [-0.39, 0.29) is 57.7 Å². The van der Waals surface area contributed by atoms with Gasteiger partial charge in [-0.1, -0.05) is 48.0 Å². The molecule has 1 fully saturated rings. The van der Waals surface area contributed by atoms with Gasteiger partial charge in [0.25, 0.3) is 10.0 Å². The number of hydrogen-bond acceptors (Lipinski definition) is 7. The molecule has 1 aliphatic rings. The van der Waals surface area contributed by atoms with Gasteiger partial charge >= 0.3 is 0 Å². The third-order valence-electron chi connectivity index (χ3n) is 7.32. The van der Waals surface area contributed by atoms with Crippen LogP contribution in [-0.4, -0.2) is 36.1 Å². The van der Waals surface area contributed by atoms with Gasteiger partial charge in [-0.15, -0.1) is 0 Å². The summed E-state index contributed by atoms with van der Waals surface area (Å²) in [7, 11) is -4.11. The van der Waals surface area contributed by atoms with E-state index in [1.54, 1.807) is 66.7 Å². The Kier molecular flexibility index (Phi) is 8.93. The van der Waals surface area contributed by atoms with E-state index in [1.807, 2.05) is 0 Å². The molecule has 1 saturated carbocycles. The number of carbonyl (C=O) groups excluding carboxylic acids is 1. The zero-order chi connectivity index (χ0) is 31.4. The van der Waals surface area contributed by atoms with Gasteiger partial charge in [0.05, 0.1) is 33.8 Å². The first-order valence-electron chi connectivity index (χ1n) is 13.9. The Morgan fingerprint density at radius 3 is 2.45 bits per heavy atom. The highest BCUT2D eigenvalue weighted by Gasteiger charge is 2.22. The molecule has 1 aromatic heterocycles. The zero-order valence-corrected chi connectivity index (χ0v) is 25.2. The maximum atomic E-state index is 13.3. The van der Waals surface area contributed by atoms with Crippen molar-refractivity contribution < 1.29 is 18.4 Å². The van der Waals surface area contributed by atoms with E-state index >= 15 is 0 Å². The van der Waals surface area contributed by atoms with E-state index < -0.39 is 10.0 Å². The molecule has 0 radical (unpaired) electrons. The predicted octanol–water partition coefficient (Wildman–Crippen LogP) is 4.02. The van der Waals surface area contributed by atoms with Gasteiger partial charge < -0.3 is 22.0 Å². The zero-order valence-electron chi connectivity index (χ0n) is 23.6. The number of nitrogens with one attached hydrogen (secondary N) is 3. The number of carbonyl (C=O) groups is 1. The number of nitrogens with two attached hydrogens (primary N) is 2. The van der Waals surface area contributed by atoms with Crippen LogP contribution in [0.2, 0.25) is 5.02 Å². The molecule has 5 rings (SSSR count). The van der Waals surface area contributed by atoms with Crippen molar-refractivity contribution in [1.82, 2.24) is 10.0 Å². The monoisotopic (exact) mass is 633 g/mol. The first kappa shape index (κ1) is 30.6. The quantitative estimate of drug-likeness (QED) is 0.0661. The second-order valence-corrected chi connectivity index (χ2v) is 12.6. The summed E-state index contributed by atoms with van der Waals surface area (Å²) < 4.78 is 30.0. The number of pyridine rings is 1. The standard InChI is InChI=1S/C31H32ClN7O4S/c32-26-6-1-2-7-27(26)38-44(42,43)24-15-21(14-22(33)16-24)25-12-13-29(37-23-4-3-5-23)39(41)28(25)17-30(40)36-18-19-8-10-20(11-9-19)31(34)35/h1-2,6-16,23,38,41H,3-5,17-18,33H2,(H3,34,35)(H,36,40). The molecule has 1 aliphatic carbocycles. The second kappa shape index (κ2) is 12.8. The summed E-state index contributed by atoms with van der Waals surface area (Å²) in [5, 5.41) is 21.9. The topological polar surface area (TPSA) is 189 Å². The predicted molar refractivity (Wildman–Crippen MR) is 170 cm³/mol. The molecule has 44 heavy (non-hydrogen) atoms. The summed E-state index contributed by atoms with van der Waals surface area (Å²) in [6, 6.07) is 21.1. The summed E-state index contributed by atoms with van der Waals surface area (Å²) >= 11 is 6.17. The Bertz CT molecular complexity index is 1900. The minimum atomic E-state index is -4.11. The minimum absolute atomic E-state index is 0.0510.